The molecule has 0 fully saturated rings. The van der Waals surface area contributed by atoms with Gasteiger partial charge in [0.15, 0.2) is 18.1 Å². The number of carbonyl (C=O) groups excluding carboxylic acids is 1. The first-order valence-electron chi connectivity index (χ1n) is 8.18. The number of para-hydroxylation sites is 1. The van der Waals surface area contributed by atoms with Crippen LogP contribution in [0.5, 0.6) is 11.5 Å². The van der Waals surface area contributed by atoms with Crippen molar-refractivity contribution in [1.82, 2.24) is 0 Å². The molecule has 0 unspecified atom stereocenters. The van der Waals surface area contributed by atoms with E-state index in [9.17, 15) is 4.79 Å². The summed E-state index contributed by atoms with van der Waals surface area (Å²) in [5.41, 5.74) is 2.38. The molecule has 0 aliphatic rings. The van der Waals surface area contributed by atoms with E-state index in [4.69, 9.17) is 14.7 Å². The van der Waals surface area contributed by atoms with Gasteiger partial charge in [0, 0.05) is 11.8 Å². The van der Waals surface area contributed by atoms with Gasteiger partial charge in [-0.25, -0.2) is 0 Å². The maximum absolute atomic E-state index is 12.2. The molecule has 1 N–H and O–H groups in total. The highest BCUT2D eigenvalue weighted by Crippen LogP contribution is 2.28. The molecule has 2 aromatic carbocycles. The van der Waals surface area contributed by atoms with Crippen LogP contribution in [0.15, 0.2) is 42.5 Å². The van der Waals surface area contributed by atoms with Crippen LogP contribution >= 0.6 is 0 Å². The summed E-state index contributed by atoms with van der Waals surface area (Å²) >= 11 is 0. The number of amides is 1. The minimum Gasteiger partial charge on any atom is -0.493 e. The van der Waals surface area contributed by atoms with E-state index in [2.05, 4.69) is 19.2 Å². The van der Waals surface area contributed by atoms with E-state index in [-0.39, 0.29) is 12.5 Å². The number of nitrogens with one attached hydrogen (secondary N) is 1. The zero-order valence-corrected chi connectivity index (χ0v) is 14.7. The Morgan fingerprint density at radius 3 is 2.68 bits per heavy atom. The fourth-order valence-corrected chi connectivity index (χ4v) is 2.45. The average Bonchev–Trinajstić information content (AvgIpc) is 2.66. The highest BCUT2D eigenvalue weighted by molar-refractivity contribution is 5.92. The van der Waals surface area contributed by atoms with Gasteiger partial charge >= 0.3 is 0 Å². The zero-order valence-electron chi connectivity index (χ0n) is 14.7. The zero-order chi connectivity index (χ0) is 18.2. The lowest BCUT2D eigenvalue weighted by Crippen LogP contribution is -2.21. The number of carbonyl (C=O) groups is 1. The molecule has 0 saturated heterocycles. The SMILES string of the molecule is CC[C@H](C)c1ccccc1NC(=O)COc1ccc(C#N)cc1OC. The van der Waals surface area contributed by atoms with E-state index in [0.29, 0.717) is 23.0 Å². The van der Waals surface area contributed by atoms with Gasteiger partial charge in [0.05, 0.1) is 18.7 Å². The van der Waals surface area contributed by atoms with Gasteiger partial charge in [-0.1, -0.05) is 32.0 Å². The van der Waals surface area contributed by atoms with Gasteiger partial charge in [-0.05, 0) is 36.1 Å². The Hall–Kier alpha value is -3.00. The Labute approximate surface area is 148 Å². The molecular weight excluding hydrogens is 316 g/mol. The molecule has 0 heterocycles. The van der Waals surface area contributed by atoms with Crippen LogP contribution in [0, 0.1) is 11.3 Å². The molecule has 0 saturated carbocycles. The average molecular weight is 338 g/mol. The summed E-state index contributed by atoms with van der Waals surface area (Å²) in [5, 5.41) is 11.8. The summed E-state index contributed by atoms with van der Waals surface area (Å²) in [6.07, 6.45) is 0.992. The molecule has 0 aliphatic carbocycles. The molecule has 1 atom stereocenters. The lowest BCUT2D eigenvalue weighted by Gasteiger charge is -2.16. The lowest BCUT2D eigenvalue weighted by atomic mass is 9.97. The van der Waals surface area contributed by atoms with Gasteiger partial charge < -0.3 is 14.8 Å². The Bertz CT molecular complexity index is 781. The Kier molecular flexibility index (Phi) is 6.41. The quantitative estimate of drug-likeness (QED) is 0.825. The van der Waals surface area contributed by atoms with Crippen LogP contribution in [-0.4, -0.2) is 19.6 Å². The van der Waals surface area contributed by atoms with Crippen LogP contribution in [0.4, 0.5) is 5.69 Å². The van der Waals surface area contributed by atoms with Gasteiger partial charge in [0.1, 0.15) is 0 Å². The topological polar surface area (TPSA) is 71.3 Å². The molecule has 2 aromatic rings. The number of ether oxygens (including phenoxy) is 2. The van der Waals surface area contributed by atoms with Crippen LogP contribution in [0.3, 0.4) is 0 Å². The summed E-state index contributed by atoms with van der Waals surface area (Å²) in [4.78, 5) is 12.2. The van der Waals surface area contributed by atoms with Crippen molar-refractivity contribution < 1.29 is 14.3 Å². The minimum absolute atomic E-state index is 0.142. The van der Waals surface area contributed by atoms with Crippen molar-refractivity contribution in [2.45, 2.75) is 26.2 Å². The summed E-state index contributed by atoms with van der Waals surface area (Å²) in [6, 6.07) is 14.6. The molecular formula is C20H22N2O3. The number of rotatable bonds is 7. The summed E-state index contributed by atoms with van der Waals surface area (Å²) in [6.45, 7) is 4.10. The maximum atomic E-state index is 12.2. The normalized spacial score (nSPS) is 11.3. The number of nitrogens with zero attached hydrogens (tertiary/aromatic N) is 1. The molecule has 25 heavy (non-hydrogen) atoms. The highest BCUT2D eigenvalue weighted by atomic mass is 16.5. The second-order valence-corrected chi connectivity index (χ2v) is 5.71. The third-order valence-corrected chi connectivity index (χ3v) is 4.03. The third-order valence-electron chi connectivity index (χ3n) is 4.03. The number of hydrogen-bond acceptors (Lipinski definition) is 4. The van der Waals surface area contributed by atoms with Crippen molar-refractivity contribution in [1.29, 1.82) is 5.26 Å². The Balaban J connectivity index is 2.04. The van der Waals surface area contributed by atoms with Gasteiger partial charge in [-0.2, -0.15) is 5.26 Å². The summed E-state index contributed by atoms with van der Waals surface area (Å²) in [5.74, 6) is 0.955. The van der Waals surface area contributed by atoms with E-state index in [1.807, 2.05) is 30.3 Å². The van der Waals surface area contributed by atoms with E-state index < -0.39 is 0 Å². The monoisotopic (exact) mass is 338 g/mol. The number of methoxy groups -OCH3 is 1. The van der Waals surface area contributed by atoms with E-state index in [1.165, 1.54) is 7.11 Å². The summed E-state index contributed by atoms with van der Waals surface area (Å²) < 4.78 is 10.7. The Morgan fingerprint density at radius 1 is 1.24 bits per heavy atom. The number of anilines is 1. The van der Waals surface area contributed by atoms with Crippen LogP contribution in [0.2, 0.25) is 0 Å². The third kappa shape index (κ3) is 4.74. The second-order valence-electron chi connectivity index (χ2n) is 5.71. The van der Waals surface area contributed by atoms with Gasteiger partial charge in [0.25, 0.3) is 5.91 Å². The largest absolute Gasteiger partial charge is 0.493 e. The number of nitriles is 1. The molecule has 2 rings (SSSR count). The van der Waals surface area contributed by atoms with Gasteiger partial charge in [-0.15, -0.1) is 0 Å². The summed E-state index contributed by atoms with van der Waals surface area (Å²) in [7, 11) is 1.49. The van der Waals surface area contributed by atoms with Crippen LogP contribution < -0.4 is 14.8 Å². The van der Waals surface area contributed by atoms with Crippen molar-refractivity contribution >= 4 is 11.6 Å². The van der Waals surface area contributed by atoms with Crippen molar-refractivity contribution in [2.24, 2.45) is 0 Å². The first-order chi connectivity index (χ1) is 12.1. The number of benzene rings is 2. The lowest BCUT2D eigenvalue weighted by molar-refractivity contribution is -0.118. The molecule has 0 bridgehead atoms. The van der Waals surface area contributed by atoms with Gasteiger partial charge in [0.2, 0.25) is 0 Å². The predicted octanol–water partition coefficient (Wildman–Crippen LogP) is 4.10. The fraction of sp³-hybridized carbons (Fsp3) is 0.300. The molecule has 130 valence electrons. The Morgan fingerprint density at radius 2 is 2.00 bits per heavy atom. The van der Waals surface area contributed by atoms with Crippen molar-refractivity contribution in [2.75, 3.05) is 19.0 Å². The smallest absolute Gasteiger partial charge is 0.262 e. The predicted molar refractivity (Wildman–Crippen MR) is 97.0 cm³/mol. The maximum Gasteiger partial charge on any atom is 0.262 e. The highest BCUT2D eigenvalue weighted by Gasteiger charge is 2.12. The number of hydrogen-bond donors (Lipinski definition) is 1. The van der Waals surface area contributed by atoms with E-state index in [1.54, 1.807) is 18.2 Å². The van der Waals surface area contributed by atoms with E-state index in [0.717, 1.165) is 17.7 Å². The van der Waals surface area contributed by atoms with E-state index >= 15 is 0 Å². The molecule has 0 radical (unpaired) electrons. The minimum atomic E-state index is -0.248. The van der Waals surface area contributed by atoms with Crippen molar-refractivity contribution in [3.63, 3.8) is 0 Å². The molecule has 5 heteroatoms. The van der Waals surface area contributed by atoms with Gasteiger partial charge in [-0.3, -0.25) is 4.79 Å². The molecule has 0 aliphatic heterocycles. The van der Waals surface area contributed by atoms with Crippen LogP contribution in [0.1, 0.15) is 37.3 Å². The molecule has 0 aromatic heterocycles. The molecule has 1 amide bonds. The standard InChI is InChI=1S/C20H22N2O3/c1-4-14(2)16-7-5-6-8-17(16)22-20(23)13-25-18-10-9-15(12-21)11-19(18)24-3/h5-11,14H,4,13H2,1-3H3,(H,22,23)/t14-/m0/s1. The first-order valence-corrected chi connectivity index (χ1v) is 8.18. The molecule has 0 spiro atoms. The van der Waals surface area contributed by atoms with Crippen molar-refractivity contribution in [3.05, 3.63) is 53.6 Å². The van der Waals surface area contributed by atoms with Crippen LogP contribution in [0.25, 0.3) is 0 Å². The second kappa shape index (κ2) is 8.74. The fourth-order valence-electron chi connectivity index (χ4n) is 2.45. The first kappa shape index (κ1) is 18.3. The van der Waals surface area contributed by atoms with Crippen molar-refractivity contribution in [3.8, 4) is 17.6 Å². The van der Waals surface area contributed by atoms with Crippen LogP contribution in [-0.2, 0) is 4.79 Å². The molecule has 5 nitrogen and oxygen atoms in total.